The number of hydrogen-bond acceptors (Lipinski definition) is 2. The first-order valence-corrected chi connectivity index (χ1v) is 6.24. The summed E-state index contributed by atoms with van der Waals surface area (Å²) in [5.41, 5.74) is 0.491. The summed E-state index contributed by atoms with van der Waals surface area (Å²) in [4.78, 5) is 12.5. The lowest BCUT2D eigenvalue weighted by atomic mass is 10.2. The second kappa shape index (κ2) is 6.81. The molecule has 0 radical (unpaired) electrons. The zero-order valence-electron chi connectivity index (χ0n) is 9.29. The van der Waals surface area contributed by atoms with Crippen LogP contribution in [0.15, 0.2) is 23.1 Å². The number of hydrogen-bond donors (Lipinski definition) is 2. The average molecular weight is 258 g/mol. The molecule has 0 bridgehead atoms. The zero-order valence-corrected chi connectivity index (χ0v) is 10.9. The highest BCUT2D eigenvalue weighted by Crippen LogP contribution is 2.19. The average Bonchev–Trinajstić information content (AvgIpc) is 2.27. The number of carbonyl (C=O) groups excluding carboxylic acids is 1. The van der Waals surface area contributed by atoms with E-state index >= 15 is 0 Å². The molecule has 88 valence electrons. The zero-order chi connectivity index (χ0) is 12.0. The van der Waals surface area contributed by atoms with Gasteiger partial charge in [-0.05, 0) is 24.6 Å². The summed E-state index contributed by atoms with van der Waals surface area (Å²) >= 11 is 10.1. The number of benzene rings is 1. The van der Waals surface area contributed by atoms with E-state index < -0.39 is 0 Å². The van der Waals surface area contributed by atoms with Gasteiger partial charge in [-0.2, -0.15) is 0 Å². The summed E-state index contributed by atoms with van der Waals surface area (Å²) < 4.78 is 0. The summed E-state index contributed by atoms with van der Waals surface area (Å²) in [6, 6.07) is 5.13. The van der Waals surface area contributed by atoms with E-state index in [-0.39, 0.29) is 5.91 Å². The fraction of sp³-hybridized carbons (Fsp3) is 0.417. The number of thiol groups is 1. The van der Waals surface area contributed by atoms with Crippen molar-refractivity contribution >= 4 is 30.1 Å². The molecule has 0 aliphatic heterocycles. The Bertz CT molecular complexity index is 368. The molecule has 0 unspecified atom stereocenters. The van der Waals surface area contributed by atoms with Crippen LogP contribution in [0.2, 0.25) is 5.02 Å². The molecule has 0 saturated carbocycles. The largest absolute Gasteiger partial charge is 0.352 e. The number of unbranched alkanes of at least 4 members (excludes halogenated alkanes) is 2. The normalized spacial score (nSPS) is 10.2. The van der Waals surface area contributed by atoms with Crippen LogP contribution in [0.4, 0.5) is 0 Å². The number of halogens is 1. The van der Waals surface area contributed by atoms with E-state index in [0.29, 0.717) is 17.1 Å². The smallest absolute Gasteiger partial charge is 0.252 e. The minimum atomic E-state index is -0.128. The van der Waals surface area contributed by atoms with E-state index in [0.717, 1.165) is 24.2 Å². The Balaban J connectivity index is 2.55. The standard InChI is InChI=1S/C12H16ClNOS/c1-2-3-4-7-14-12(15)10-8-9(16)5-6-11(10)13/h5-6,8,16H,2-4,7H2,1H3,(H,14,15). The maximum Gasteiger partial charge on any atom is 0.252 e. The van der Waals surface area contributed by atoms with Crippen LogP contribution in [0.3, 0.4) is 0 Å². The van der Waals surface area contributed by atoms with Gasteiger partial charge < -0.3 is 5.32 Å². The van der Waals surface area contributed by atoms with Gasteiger partial charge in [-0.25, -0.2) is 0 Å². The molecule has 0 atom stereocenters. The lowest BCUT2D eigenvalue weighted by Crippen LogP contribution is -2.24. The molecule has 1 aromatic carbocycles. The van der Waals surface area contributed by atoms with Crippen molar-refractivity contribution < 1.29 is 4.79 Å². The van der Waals surface area contributed by atoms with Gasteiger partial charge in [-0.1, -0.05) is 31.4 Å². The van der Waals surface area contributed by atoms with Gasteiger partial charge in [-0.3, -0.25) is 4.79 Å². The highest BCUT2D eigenvalue weighted by molar-refractivity contribution is 7.80. The molecule has 4 heteroatoms. The van der Waals surface area contributed by atoms with Gasteiger partial charge in [0.05, 0.1) is 10.6 Å². The maximum atomic E-state index is 11.8. The third-order valence-corrected chi connectivity index (χ3v) is 2.87. The summed E-state index contributed by atoms with van der Waals surface area (Å²) in [6.07, 6.45) is 3.27. The molecule has 16 heavy (non-hydrogen) atoms. The topological polar surface area (TPSA) is 29.1 Å². The summed E-state index contributed by atoms with van der Waals surface area (Å²) in [6.45, 7) is 2.82. The van der Waals surface area contributed by atoms with Gasteiger partial charge in [0, 0.05) is 11.4 Å². The van der Waals surface area contributed by atoms with E-state index in [2.05, 4.69) is 24.9 Å². The lowest BCUT2D eigenvalue weighted by molar-refractivity contribution is 0.0953. The van der Waals surface area contributed by atoms with Gasteiger partial charge in [0.1, 0.15) is 0 Å². The van der Waals surface area contributed by atoms with E-state index in [1.54, 1.807) is 18.2 Å². The molecule has 0 saturated heterocycles. The van der Waals surface area contributed by atoms with Crippen molar-refractivity contribution in [3.05, 3.63) is 28.8 Å². The van der Waals surface area contributed by atoms with Crippen LogP contribution >= 0.6 is 24.2 Å². The van der Waals surface area contributed by atoms with E-state index in [1.807, 2.05) is 0 Å². The predicted octanol–water partition coefficient (Wildman–Crippen LogP) is 3.55. The lowest BCUT2D eigenvalue weighted by Gasteiger charge is -2.06. The molecular weight excluding hydrogens is 242 g/mol. The molecule has 0 spiro atoms. The Kier molecular flexibility index (Phi) is 5.71. The van der Waals surface area contributed by atoms with Crippen molar-refractivity contribution in [2.24, 2.45) is 0 Å². The highest BCUT2D eigenvalue weighted by atomic mass is 35.5. The number of amides is 1. The van der Waals surface area contributed by atoms with Crippen LogP contribution in [0.5, 0.6) is 0 Å². The van der Waals surface area contributed by atoms with E-state index in [9.17, 15) is 4.79 Å². The predicted molar refractivity (Wildman–Crippen MR) is 70.6 cm³/mol. The van der Waals surface area contributed by atoms with E-state index in [1.165, 1.54) is 0 Å². The second-order valence-corrected chi connectivity index (χ2v) is 4.55. The van der Waals surface area contributed by atoms with Crippen LogP contribution in [-0.2, 0) is 0 Å². The first-order valence-electron chi connectivity index (χ1n) is 5.42. The molecule has 0 fully saturated rings. The van der Waals surface area contributed by atoms with Gasteiger partial charge in [-0.15, -0.1) is 12.6 Å². The molecule has 1 aromatic rings. The van der Waals surface area contributed by atoms with Crippen LogP contribution in [0, 0.1) is 0 Å². The quantitative estimate of drug-likeness (QED) is 0.613. The molecule has 0 aliphatic rings. The summed E-state index contributed by atoms with van der Waals surface area (Å²) in [5, 5.41) is 3.31. The van der Waals surface area contributed by atoms with Crippen molar-refractivity contribution in [1.82, 2.24) is 5.32 Å². The van der Waals surface area contributed by atoms with Crippen molar-refractivity contribution in [2.45, 2.75) is 31.1 Å². The van der Waals surface area contributed by atoms with Crippen LogP contribution in [0.1, 0.15) is 36.5 Å². The molecule has 1 N–H and O–H groups in total. The SMILES string of the molecule is CCCCCNC(=O)c1cc(S)ccc1Cl. The van der Waals surface area contributed by atoms with Crippen molar-refractivity contribution in [1.29, 1.82) is 0 Å². The highest BCUT2D eigenvalue weighted by Gasteiger charge is 2.09. The maximum absolute atomic E-state index is 11.8. The molecule has 0 aliphatic carbocycles. The Morgan fingerprint density at radius 2 is 2.19 bits per heavy atom. The Labute approximate surface area is 107 Å². The third-order valence-electron chi connectivity index (χ3n) is 2.26. The van der Waals surface area contributed by atoms with Crippen LogP contribution in [0.25, 0.3) is 0 Å². The minimum absolute atomic E-state index is 0.128. The Morgan fingerprint density at radius 1 is 1.44 bits per heavy atom. The van der Waals surface area contributed by atoms with Crippen LogP contribution in [-0.4, -0.2) is 12.5 Å². The molecule has 0 aromatic heterocycles. The molecule has 2 nitrogen and oxygen atoms in total. The van der Waals surface area contributed by atoms with Crippen molar-refractivity contribution in [2.75, 3.05) is 6.54 Å². The Hall–Kier alpha value is -0.670. The summed E-state index contributed by atoms with van der Waals surface area (Å²) in [5.74, 6) is -0.128. The monoisotopic (exact) mass is 257 g/mol. The van der Waals surface area contributed by atoms with Crippen LogP contribution < -0.4 is 5.32 Å². The van der Waals surface area contributed by atoms with Crippen molar-refractivity contribution in [3.63, 3.8) is 0 Å². The molecule has 1 rings (SSSR count). The fourth-order valence-electron chi connectivity index (χ4n) is 1.36. The second-order valence-electron chi connectivity index (χ2n) is 3.63. The van der Waals surface area contributed by atoms with Gasteiger partial charge in [0.2, 0.25) is 0 Å². The molecule has 0 heterocycles. The number of carbonyl (C=O) groups is 1. The number of nitrogens with one attached hydrogen (secondary N) is 1. The Morgan fingerprint density at radius 3 is 2.88 bits per heavy atom. The molecule has 1 amide bonds. The first-order chi connectivity index (χ1) is 7.65. The minimum Gasteiger partial charge on any atom is -0.352 e. The number of rotatable bonds is 5. The van der Waals surface area contributed by atoms with Crippen molar-refractivity contribution in [3.8, 4) is 0 Å². The fourth-order valence-corrected chi connectivity index (χ4v) is 1.77. The van der Waals surface area contributed by atoms with E-state index in [4.69, 9.17) is 11.6 Å². The third kappa shape index (κ3) is 4.06. The van der Waals surface area contributed by atoms with Gasteiger partial charge >= 0.3 is 0 Å². The molecular formula is C12H16ClNOS. The first kappa shape index (κ1) is 13.4. The van der Waals surface area contributed by atoms with Gasteiger partial charge in [0.25, 0.3) is 5.91 Å². The summed E-state index contributed by atoms with van der Waals surface area (Å²) in [7, 11) is 0. The van der Waals surface area contributed by atoms with Gasteiger partial charge in [0.15, 0.2) is 0 Å².